The Morgan fingerprint density at radius 1 is 1.50 bits per heavy atom. The van der Waals surface area contributed by atoms with Crippen molar-refractivity contribution in [3.8, 4) is 0 Å². The Labute approximate surface area is 76.1 Å². The zero-order valence-electron chi connectivity index (χ0n) is 8.16. The lowest BCUT2D eigenvalue weighted by Crippen LogP contribution is -2.13. The molecule has 0 aromatic carbocycles. The summed E-state index contributed by atoms with van der Waals surface area (Å²) in [5.74, 6) is 0.528. The van der Waals surface area contributed by atoms with Gasteiger partial charge in [-0.3, -0.25) is 4.99 Å². The van der Waals surface area contributed by atoms with Crippen molar-refractivity contribution in [2.75, 3.05) is 13.7 Å². The average molecular weight is 191 g/mol. The number of nitrogens with zero attached hydrogens (tertiary/aromatic N) is 1. The minimum absolute atomic E-state index is 0.186. The molecule has 0 aliphatic carbocycles. The number of hydrogen-bond acceptors (Lipinski definition) is 3. The van der Waals surface area contributed by atoms with Gasteiger partial charge in [0.1, 0.15) is 0 Å². The van der Waals surface area contributed by atoms with Crippen molar-refractivity contribution >= 4 is 14.3 Å². The quantitative estimate of drug-likeness (QED) is 0.530. The molecular formula is C8H18NO2P. The van der Waals surface area contributed by atoms with E-state index in [1.165, 1.54) is 0 Å². The molecule has 0 saturated heterocycles. The molecule has 0 heterocycles. The van der Waals surface area contributed by atoms with Crippen LogP contribution in [0.5, 0.6) is 0 Å². The maximum atomic E-state index is 9.25. The first kappa shape index (κ1) is 12.0. The third-order valence-corrected chi connectivity index (χ3v) is 2.22. The number of aliphatic imine (C=N–C) groups is 1. The van der Waals surface area contributed by atoms with Crippen LogP contribution < -0.4 is 0 Å². The van der Waals surface area contributed by atoms with E-state index in [4.69, 9.17) is 4.52 Å². The van der Waals surface area contributed by atoms with Crippen molar-refractivity contribution < 1.29 is 9.63 Å². The molecule has 3 nitrogen and oxygen atoms in total. The summed E-state index contributed by atoms with van der Waals surface area (Å²) in [6, 6.07) is 0. The van der Waals surface area contributed by atoms with Gasteiger partial charge in [0.05, 0.1) is 20.4 Å². The van der Waals surface area contributed by atoms with Gasteiger partial charge in [0.15, 0.2) is 0 Å². The average Bonchev–Trinajstić information content (AvgIpc) is 1.96. The molecule has 72 valence electrons. The Balaban J connectivity index is 3.99. The molecule has 0 aliphatic heterocycles. The molecule has 0 radical (unpaired) electrons. The van der Waals surface area contributed by atoms with Crippen LogP contribution in [0.3, 0.4) is 0 Å². The molecule has 12 heavy (non-hydrogen) atoms. The zero-order chi connectivity index (χ0) is 9.56. The largest absolute Gasteiger partial charge is 0.387 e. The van der Waals surface area contributed by atoms with Gasteiger partial charge in [-0.05, 0) is 12.8 Å². The second kappa shape index (κ2) is 6.53. The normalized spacial score (nSPS) is 16.3. The van der Waals surface area contributed by atoms with Crippen LogP contribution in [0.2, 0.25) is 0 Å². The lowest BCUT2D eigenvalue weighted by Gasteiger charge is -2.08. The van der Waals surface area contributed by atoms with Crippen LogP contribution in [0.15, 0.2) is 4.99 Å². The third kappa shape index (κ3) is 5.64. The highest BCUT2D eigenvalue weighted by Gasteiger charge is 2.06. The van der Waals surface area contributed by atoms with Crippen LogP contribution in [0, 0.1) is 5.92 Å². The van der Waals surface area contributed by atoms with E-state index in [0.29, 0.717) is 5.92 Å². The Bertz CT molecular complexity index is 146. The van der Waals surface area contributed by atoms with E-state index in [0.717, 1.165) is 12.0 Å². The van der Waals surface area contributed by atoms with Gasteiger partial charge >= 0.3 is 0 Å². The first-order valence-electron chi connectivity index (χ1n) is 4.09. The van der Waals surface area contributed by atoms with Crippen LogP contribution in [0.1, 0.15) is 20.8 Å². The topological polar surface area (TPSA) is 41.8 Å². The van der Waals surface area contributed by atoms with Gasteiger partial charge in [0.25, 0.3) is 0 Å². The van der Waals surface area contributed by atoms with Crippen LogP contribution in [-0.2, 0) is 4.52 Å². The Kier molecular flexibility index (Phi) is 6.54. The molecule has 0 amide bonds. The van der Waals surface area contributed by atoms with E-state index in [-0.39, 0.29) is 8.81 Å². The third-order valence-electron chi connectivity index (χ3n) is 1.23. The highest BCUT2D eigenvalue weighted by molar-refractivity contribution is 7.54. The van der Waals surface area contributed by atoms with Gasteiger partial charge in [-0.15, -0.1) is 0 Å². The predicted molar refractivity (Wildman–Crippen MR) is 54.1 cm³/mol. The van der Waals surface area contributed by atoms with Crippen molar-refractivity contribution in [1.82, 2.24) is 0 Å². The van der Waals surface area contributed by atoms with E-state index in [9.17, 15) is 5.11 Å². The summed E-state index contributed by atoms with van der Waals surface area (Å²) in [4.78, 5) is 4.27. The maximum Gasteiger partial charge on any atom is 0.0951 e. The molecule has 0 fully saturated rings. The molecule has 0 aliphatic rings. The van der Waals surface area contributed by atoms with Crippen molar-refractivity contribution in [3.05, 3.63) is 0 Å². The highest BCUT2D eigenvalue weighted by atomic mass is 31.1. The smallest absolute Gasteiger partial charge is 0.0951 e. The SMILES string of the molecule is COP/C(=N\CC(C)C)C(C)O. The molecule has 0 aromatic rings. The molecule has 0 aromatic heterocycles. The number of aliphatic hydroxyl groups excluding tert-OH is 1. The molecule has 0 spiro atoms. The summed E-state index contributed by atoms with van der Waals surface area (Å²) in [7, 11) is 1.80. The molecule has 2 unspecified atom stereocenters. The summed E-state index contributed by atoms with van der Waals surface area (Å²) >= 11 is 0. The van der Waals surface area contributed by atoms with E-state index in [1.54, 1.807) is 14.0 Å². The van der Waals surface area contributed by atoms with Crippen LogP contribution >= 0.6 is 8.81 Å². The molecule has 0 saturated carbocycles. The van der Waals surface area contributed by atoms with Crippen molar-refractivity contribution in [3.63, 3.8) is 0 Å². The summed E-state index contributed by atoms with van der Waals surface area (Å²) in [6.07, 6.45) is -0.484. The fraction of sp³-hybridized carbons (Fsp3) is 0.875. The highest BCUT2D eigenvalue weighted by Crippen LogP contribution is 2.16. The van der Waals surface area contributed by atoms with E-state index >= 15 is 0 Å². The Morgan fingerprint density at radius 3 is 2.42 bits per heavy atom. The van der Waals surface area contributed by atoms with Crippen LogP contribution in [0.4, 0.5) is 0 Å². The van der Waals surface area contributed by atoms with Crippen molar-refractivity contribution in [2.24, 2.45) is 10.9 Å². The Morgan fingerprint density at radius 2 is 2.08 bits per heavy atom. The van der Waals surface area contributed by atoms with Crippen molar-refractivity contribution in [2.45, 2.75) is 26.9 Å². The molecule has 4 heteroatoms. The first-order chi connectivity index (χ1) is 5.57. The molecule has 0 rings (SSSR count). The molecule has 2 atom stereocenters. The molecule has 0 bridgehead atoms. The maximum absolute atomic E-state index is 9.25. The van der Waals surface area contributed by atoms with Gasteiger partial charge in [0.2, 0.25) is 0 Å². The number of aliphatic hydroxyl groups is 1. The summed E-state index contributed by atoms with van der Waals surface area (Å²) < 4.78 is 4.93. The first-order valence-corrected chi connectivity index (χ1v) is 5.00. The second-order valence-corrected chi connectivity index (χ2v) is 4.23. The van der Waals surface area contributed by atoms with Gasteiger partial charge in [0, 0.05) is 13.7 Å². The molecular weight excluding hydrogens is 173 g/mol. The minimum Gasteiger partial charge on any atom is -0.387 e. The van der Waals surface area contributed by atoms with Crippen LogP contribution in [0.25, 0.3) is 0 Å². The minimum atomic E-state index is -0.484. The summed E-state index contributed by atoms with van der Waals surface area (Å²) in [6.45, 7) is 6.67. The van der Waals surface area contributed by atoms with Gasteiger partial charge in [-0.2, -0.15) is 0 Å². The number of rotatable bonds is 5. The van der Waals surface area contributed by atoms with Gasteiger partial charge in [-0.25, -0.2) is 0 Å². The lowest BCUT2D eigenvalue weighted by atomic mass is 10.2. The Hall–Kier alpha value is 0.0200. The molecule has 1 N–H and O–H groups in total. The van der Waals surface area contributed by atoms with Crippen LogP contribution in [-0.4, -0.2) is 30.3 Å². The zero-order valence-corrected chi connectivity index (χ0v) is 9.16. The lowest BCUT2D eigenvalue weighted by molar-refractivity contribution is 0.264. The van der Waals surface area contributed by atoms with Gasteiger partial charge in [-0.1, -0.05) is 13.8 Å². The fourth-order valence-electron chi connectivity index (χ4n) is 0.635. The summed E-state index contributed by atoms with van der Waals surface area (Å²) in [5, 5.41) is 9.25. The fourth-order valence-corrected chi connectivity index (χ4v) is 1.17. The predicted octanol–water partition coefficient (Wildman–Crippen LogP) is 1.66. The standard InChI is InChI=1S/C8H18NO2P/c1-6(2)5-9-8(7(3)10)12-11-4/h6-7,10,12H,5H2,1-4H3/b9-8-. The summed E-state index contributed by atoms with van der Waals surface area (Å²) in [5.41, 5.74) is 0.756. The second-order valence-electron chi connectivity index (χ2n) is 3.10. The monoisotopic (exact) mass is 191 g/mol. The van der Waals surface area contributed by atoms with Gasteiger partial charge < -0.3 is 9.63 Å². The number of hydrogen-bond donors (Lipinski definition) is 1. The van der Waals surface area contributed by atoms with E-state index < -0.39 is 6.10 Å². The van der Waals surface area contributed by atoms with E-state index in [2.05, 4.69) is 18.8 Å². The van der Waals surface area contributed by atoms with E-state index in [1.807, 2.05) is 0 Å². The van der Waals surface area contributed by atoms with Crippen molar-refractivity contribution in [1.29, 1.82) is 0 Å².